The van der Waals surface area contributed by atoms with Crippen LogP contribution in [0.1, 0.15) is 33.5 Å². The van der Waals surface area contributed by atoms with E-state index in [0.29, 0.717) is 27.8 Å². The normalized spacial score (nSPS) is 14.9. The predicted octanol–water partition coefficient (Wildman–Crippen LogP) is 1.22. The first-order valence-corrected chi connectivity index (χ1v) is 7.88. The molecule has 2 aromatic carbocycles. The van der Waals surface area contributed by atoms with Crippen LogP contribution in [0.3, 0.4) is 0 Å². The Labute approximate surface area is 149 Å². The molecule has 6 nitrogen and oxygen atoms in total. The zero-order chi connectivity index (χ0) is 18.7. The van der Waals surface area contributed by atoms with Crippen LogP contribution < -0.4 is 5.11 Å². The van der Waals surface area contributed by atoms with Gasteiger partial charge in [-0.25, -0.2) is 0 Å². The number of rotatable bonds is 4. The molecule has 0 aromatic heterocycles. The molecule has 6 heteroatoms. The van der Waals surface area contributed by atoms with Crippen molar-refractivity contribution in [2.45, 2.75) is 6.42 Å². The summed E-state index contributed by atoms with van der Waals surface area (Å²) in [4.78, 5) is 37.0. The van der Waals surface area contributed by atoms with Gasteiger partial charge >= 0.3 is 0 Å². The number of carboxylic acids is 1. The Morgan fingerprint density at radius 2 is 1.69 bits per heavy atom. The molecule has 0 aliphatic carbocycles. The van der Waals surface area contributed by atoms with Gasteiger partial charge in [0.1, 0.15) is 0 Å². The number of nitrogens with zero attached hydrogens (tertiary/aromatic N) is 2. The molecule has 0 bridgehead atoms. The number of carbonyl (C=O) groups is 3. The molecule has 1 aliphatic rings. The van der Waals surface area contributed by atoms with Crippen LogP contribution in [0.2, 0.25) is 0 Å². The summed E-state index contributed by atoms with van der Waals surface area (Å²) in [5.41, 5.74) is 2.31. The Balaban J connectivity index is 2.06. The monoisotopic (exact) mass is 345 g/mol. The molecular weight excluding hydrogens is 332 g/mol. The quantitative estimate of drug-likeness (QED) is 0.612. The second-order valence-electron chi connectivity index (χ2n) is 5.72. The largest absolute Gasteiger partial charge is 0.550 e. The van der Waals surface area contributed by atoms with Crippen LogP contribution in [-0.4, -0.2) is 29.2 Å². The van der Waals surface area contributed by atoms with Crippen LogP contribution in [0.15, 0.2) is 48.5 Å². The second-order valence-corrected chi connectivity index (χ2v) is 5.72. The third-order valence-electron chi connectivity index (χ3n) is 4.06. The molecule has 0 N–H and O–H groups in total. The number of aliphatic carboxylic acids is 1. The van der Waals surface area contributed by atoms with Gasteiger partial charge in [0.2, 0.25) is 0 Å². The molecule has 3 rings (SSSR count). The number of imide groups is 1. The summed E-state index contributed by atoms with van der Waals surface area (Å²) in [7, 11) is 0. The highest BCUT2D eigenvalue weighted by Crippen LogP contribution is 2.30. The Morgan fingerprint density at radius 3 is 2.31 bits per heavy atom. The first kappa shape index (κ1) is 17.1. The van der Waals surface area contributed by atoms with E-state index in [2.05, 4.69) is 0 Å². The fourth-order valence-corrected chi connectivity index (χ4v) is 2.77. The molecule has 0 unspecified atom stereocenters. The van der Waals surface area contributed by atoms with Crippen LogP contribution in [0, 0.1) is 11.3 Å². The fourth-order valence-electron chi connectivity index (χ4n) is 2.77. The Kier molecular flexibility index (Phi) is 4.63. The molecule has 0 saturated carbocycles. The minimum absolute atomic E-state index is 0.251. The molecule has 0 spiro atoms. The van der Waals surface area contributed by atoms with Crippen molar-refractivity contribution < 1.29 is 19.5 Å². The maximum Gasteiger partial charge on any atom is 0.261 e. The molecule has 26 heavy (non-hydrogen) atoms. The molecule has 1 heterocycles. The number of hydrogen-bond donors (Lipinski definition) is 0. The Morgan fingerprint density at radius 1 is 1.04 bits per heavy atom. The second kappa shape index (κ2) is 7.03. The van der Waals surface area contributed by atoms with Crippen molar-refractivity contribution in [2.75, 3.05) is 6.54 Å². The van der Waals surface area contributed by atoms with Gasteiger partial charge in [-0.3, -0.25) is 14.5 Å². The first-order valence-electron chi connectivity index (χ1n) is 7.88. The summed E-state index contributed by atoms with van der Waals surface area (Å²) >= 11 is 0. The van der Waals surface area contributed by atoms with Crippen molar-refractivity contribution in [2.24, 2.45) is 0 Å². The highest BCUT2D eigenvalue weighted by Gasteiger charge is 2.34. The molecule has 2 aromatic rings. The highest BCUT2D eigenvalue weighted by molar-refractivity contribution is 6.33. The summed E-state index contributed by atoms with van der Waals surface area (Å²) in [6.45, 7) is -0.251. The molecule has 2 amide bonds. The lowest BCUT2D eigenvalue weighted by molar-refractivity contribution is -0.305. The van der Waals surface area contributed by atoms with Crippen molar-refractivity contribution in [3.05, 3.63) is 70.8 Å². The van der Waals surface area contributed by atoms with Gasteiger partial charge in [-0.05, 0) is 35.4 Å². The number of fused-ring (bicyclic) bond motifs is 1. The maximum atomic E-state index is 12.8. The topological polar surface area (TPSA) is 101 Å². The summed E-state index contributed by atoms with van der Waals surface area (Å²) in [6.07, 6.45) is 1.20. The summed E-state index contributed by atoms with van der Waals surface area (Å²) < 4.78 is 0. The minimum Gasteiger partial charge on any atom is -0.550 e. The molecule has 0 saturated heterocycles. The van der Waals surface area contributed by atoms with E-state index in [0.717, 1.165) is 4.90 Å². The Bertz CT molecular complexity index is 968. The summed E-state index contributed by atoms with van der Waals surface area (Å²) in [6, 6.07) is 15.4. The van der Waals surface area contributed by atoms with Crippen LogP contribution in [-0.2, 0) is 9.59 Å². The van der Waals surface area contributed by atoms with Crippen LogP contribution in [0.4, 0.5) is 0 Å². The van der Waals surface area contributed by atoms with Gasteiger partial charge in [0.25, 0.3) is 11.8 Å². The van der Waals surface area contributed by atoms with Gasteiger partial charge in [-0.1, -0.05) is 30.3 Å². The lowest BCUT2D eigenvalue weighted by Crippen LogP contribution is -2.43. The van der Waals surface area contributed by atoms with E-state index >= 15 is 0 Å². The van der Waals surface area contributed by atoms with Gasteiger partial charge in [0, 0.05) is 30.1 Å². The number of benzene rings is 2. The molecule has 0 fully saturated rings. The SMILES string of the molecule is N#Cc1ccc(/C=C2\C(=O)N(CCC(=O)[O-])C(=O)c3ccccc32)cc1. The number of hydrogen-bond acceptors (Lipinski definition) is 5. The zero-order valence-electron chi connectivity index (χ0n) is 13.6. The number of amides is 2. The number of nitriles is 1. The van der Waals surface area contributed by atoms with Crippen molar-refractivity contribution in [3.63, 3.8) is 0 Å². The van der Waals surface area contributed by atoms with E-state index in [1.807, 2.05) is 6.07 Å². The van der Waals surface area contributed by atoms with Gasteiger partial charge in [-0.15, -0.1) is 0 Å². The molecular formula is C20H13N2O4-. The number of carboxylic acid groups (broad SMARTS) is 1. The van der Waals surface area contributed by atoms with E-state index in [4.69, 9.17) is 5.26 Å². The number of carbonyl (C=O) groups excluding carboxylic acids is 3. The van der Waals surface area contributed by atoms with Crippen LogP contribution in [0.25, 0.3) is 11.6 Å². The average molecular weight is 345 g/mol. The molecule has 1 aliphatic heterocycles. The van der Waals surface area contributed by atoms with Crippen molar-refractivity contribution >= 4 is 29.4 Å². The summed E-state index contributed by atoms with van der Waals surface area (Å²) in [5, 5.41) is 19.6. The first-order chi connectivity index (χ1) is 12.5. The fraction of sp³-hybridized carbons (Fsp3) is 0.100. The van der Waals surface area contributed by atoms with Crippen LogP contribution >= 0.6 is 0 Å². The lowest BCUT2D eigenvalue weighted by Gasteiger charge is -2.28. The van der Waals surface area contributed by atoms with E-state index in [-0.39, 0.29) is 6.54 Å². The standard InChI is InChI=1S/C20H14N2O4/c21-12-14-7-5-13(6-8-14)11-17-15-3-1-2-4-16(15)19(25)22(20(17)26)10-9-18(23)24/h1-8,11H,9-10H2,(H,23,24)/p-1/b17-11-. The average Bonchev–Trinajstić information content (AvgIpc) is 2.65. The van der Waals surface area contributed by atoms with E-state index < -0.39 is 24.2 Å². The molecule has 0 radical (unpaired) electrons. The third kappa shape index (κ3) is 3.23. The van der Waals surface area contributed by atoms with Gasteiger partial charge in [-0.2, -0.15) is 5.26 Å². The molecule has 0 atom stereocenters. The maximum absolute atomic E-state index is 12.8. The molecule has 128 valence electrons. The van der Waals surface area contributed by atoms with E-state index in [9.17, 15) is 19.5 Å². The van der Waals surface area contributed by atoms with Crippen molar-refractivity contribution in [1.82, 2.24) is 4.90 Å². The Hall–Kier alpha value is -3.72. The highest BCUT2D eigenvalue weighted by atomic mass is 16.4. The van der Waals surface area contributed by atoms with Gasteiger partial charge in [0.15, 0.2) is 0 Å². The smallest absolute Gasteiger partial charge is 0.261 e. The third-order valence-corrected chi connectivity index (χ3v) is 4.06. The van der Waals surface area contributed by atoms with Gasteiger partial charge in [0.05, 0.1) is 11.6 Å². The zero-order valence-corrected chi connectivity index (χ0v) is 13.6. The van der Waals surface area contributed by atoms with Gasteiger partial charge < -0.3 is 9.90 Å². The minimum atomic E-state index is -1.33. The van der Waals surface area contributed by atoms with E-state index in [1.165, 1.54) is 0 Å². The van der Waals surface area contributed by atoms with E-state index in [1.54, 1.807) is 54.6 Å². The lowest BCUT2D eigenvalue weighted by atomic mass is 9.92. The van der Waals surface area contributed by atoms with Crippen molar-refractivity contribution in [3.8, 4) is 6.07 Å². The summed E-state index contributed by atoms with van der Waals surface area (Å²) in [5.74, 6) is -2.41. The van der Waals surface area contributed by atoms with Crippen molar-refractivity contribution in [1.29, 1.82) is 5.26 Å². The predicted molar refractivity (Wildman–Crippen MR) is 91.1 cm³/mol. The van der Waals surface area contributed by atoms with Crippen LogP contribution in [0.5, 0.6) is 0 Å².